The summed E-state index contributed by atoms with van der Waals surface area (Å²) in [5.41, 5.74) is -25.3. The Kier molecular flexibility index (Phi) is 10.1. The Morgan fingerprint density at radius 3 is 1.23 bits per heavy atom. The van der Waals surface area contributed by atoms with E-state index in [0.717, 1.165) is 30.3 Å². The third-order valence-corrected chi connectivity index (χ3v) is 6.94. The summed E-state index contributed by atoms with van der Waals surface area (Å²) in [5, 5.41) is 78.1. The highest BCUT2D eigenvalue weighted by Crippen LogP contribution is 2.47. The first-order valence-electron chi connectivity index (χ1n) is 12.8. The number of nitrogens with zero attached hydrogens (tertiary/aromatic N) is 10. The molecule has 2 aromatic rings. The number of nitriles is 8. The van der Waals surface area contributed by atoms with Crippen LogP contribution in [0.2, 0.25) is 0 Å². The number of hydrogen-bond acceptors (Lipinski definition) is 10. The summed E-state index contributed by atoms with van der Waals surface area (Å²) in [5.74, 6) is -4.80. The summed E-state index contributed by atoms with van der Waals surface area (Å²) in [6.07, 6.45) is -22.6. The van der Waals surface area contributed by atoms with Crippen LogP contribution in [-0.4, -0.2) is 9.97 Å². The highest BCUT2D eigenvalue weighted by Gasteiger charge is 2.48. The van der Waals surface area contributed by atoms with Crippen molar-refractivity contribution in [3.05, 3.63) is 85.0 Å². The predicted molar refractivity (Wildman–Crippen MR) is 139 cm³/mol. The minimum absolute atomic E-state index is 0.323. The topological polar surface area (TPSA) is 216 Å². The van der Waals surface area contributed by atoms with Gasteiger partial charge in [0.05, 0.1) is 57.5 Å². The first-order chi connectivity index (χ1) is 24.0. The van der Waals surface area contributed by atoms with E-state index in [9.17, 15) is 94.8 Å². The van der Waals surface area contributed by atoms with Gasteiger partial charge in [0.25, 0.3) is 0 Å². The smallest absolute Gasteiger partial charge is 0.236 e. The summed E-state index contributed by atoms with van der Waals surface area (Å²) in [6, 6.07) is 8.59. The van der Waals surface area contributed by atoms with E-state index in [1.54, 1.807) is 0 Å². The standard InChI is InChI=1S/C30H4F12N10/c31-27(32,33)23-17(7-47)21(18(8-48)24(51-23)28(34,35)36)15(5-45)13-1-11(3-43)14(2-12(13)4-44)16(6-46)22-19(9-49)25(29(37,38)39)52-26(20(22)10-50)30(40,41)42/h1-2,13,15H/b16-14+. The van der Waals surface area contributed by atoms with Gasteiger partial charge < -0.3 is 0 Å². The average molecular weight is 732 g/mol. The van der Waals surface area contributed by atoms with Crippen LogP contribution in [0.3, 0.4) is 0 Å². The number of allylic oxidation sites excluding steroid dienone is 6. The zero-order valence-corrected chi connectivity index (χ0v) is 24.3. The van der Waals surface area contributed by atoms with E-state index in [4.69, 9.17) is 0 Å². The summed E-state index contributed by atoms with van der Waals surface area (Å²) < 4.78 is 166. The number of pyridine rings is 2. The molecule has 2 heterocycles. The molecule has 3 rings (SSSR count). The van der Waals surface area contributed by atoms with Gasteiger partial charge in [-0.15, -0.1) is 0 Å². The number of rotatable bonds is 3. The second-order valence-electron chi connectivity index (χ2n) is 9.78. The zero-order valence-electron chi connectivity index (χ0n) is 24.3. The summed E-state index contributed by atoms with van der Waals surface area (Å²) in [4.78, 5) is 4.78. The fourth-order valence-corrected chi connectivity index (χ4v) is 4.97. The van der Waals surface area contributed by atoms with E-state index in [1.807, 2.05) is 0 Å². The molecule has 1 aliphatic carbocycles. The van der Waals surface area contributed by atoms with Crippen LogP contribution in [0.5, 0.6) is 0 Å². The Bertz CT molecular complexity index is 2250. The highest BCUT2D eigenvalue weighted by molar-refractivity contribution is 5.91. The number of alkyl halides is 12. The van der Waals surface area contributed by atoms with Crippen LogP contribution in [0.4, 0.5) is 52.7 Å². The molecule has 0 aromatic carbocycles. The molecule has 258 valence electrons. The van der Waals surface area contributed by atoms with Crippen molar-refractivity contribution in [3.8, 4) is 48.6 Å². The molecule has 0 radical (unpaired) electrons. The van der Waals surface area contributed by atoms with Gasteiger partial charge in [0, 0.05) is 28.2 Å². The molecule has 1 aliphatic rings. The van der Waals surface area contributed by atoms with Gasteiger partial charge in [-0.25, -0.2) is 9.97 Å². The Morgan fingerprint density at radius 1 is 0.558 bits per heavy atom. The lowest BCUT2D eigenvalue weighted by molar-refractivity contribution is -0.152. The second kappa shape index (κ2) is 13.5. The van der Waals surface area contributed by atoms with Gasteiger partial charge in [-0.05, 0) is 6.08 Å². The molecule has 2 aromatic heterocycles. The molecule has 2 atom stereocenters. The monoisotopic (exact) mass is 732 g/mol. The first kappa shape index (κ1) is 39.0. The van der Waals surface area contributed by atoms with Crippen LogP contribution < -0.4 is 0 Å². The lowest BCUT2D eigenvalue weighted by Gasteiger charge is -2.27. The van der Waals surface area contributed by atoms with E-state index in [2.05, 4.69) is 9.97 Å². The number of hydrogen-bond donors (Lipinski definition) is 0. The van der Waals surface area contributed by atoms with E-state index in [1.165, 1.54) is 18.2 Å². The summed E-state index contributed by atoms with van der Waals surface area (Å²) in [7, 11) is 0. The average Bonchev–Trinajstić information content (AvgIpc) is 3.05. The molecule has 0 bridgehead atoms. The number of halogens is 12. The van der Waals surface area contributed by atoms with Crippen molar-refractivity contribution in [1.29, 1.82) is 42.1 Å². The van der Waals surface area contributed by atoms with Crippen LogP contribution in [0.25, 0.3) is 5.57 Å². The lowest BCUT2D eigenvalue weighted by atomic mass is 9.73. The van der Waals surface area contributed by atoms with Gasteiger partial charge >= 0.3 is 24.7 Å². The molecule has 10 nitrogen and oxygen atoms in total. The maximum Gasteiger partial charge on any atom is 0.434 e. The molecule has 0 amide bonds. The normalized spacial score (nSPS) is 16.1. The molecule has 22 heteroatoms. The van der Waals surface area contributed by atoms with Gasteiger partial charge in [-0.1, -0.05) is 6.08 Å². The van der Waals surface area contributed by atoms with Crippen LogP contribution in [-0.2, 0) is 24.7 Å². The minimum Gasteiger partial charge on any atom is -0.236 e. The van der Waals surface area contributed by atoms with Crippen LogP contribution in [0.15, 0.2) is 28.9 Å². The maximum absolute atomic E-state index is 13.9. The molecule has 0 aliphatic heterocycles. The van der Waals surface area contributed by atoms with Gasteiger partial charge in [0.15, 0.2) is 22.8 Å². The predicted octanol–water partition coefficient (Wildman–Crippen LogP) is 7.15. The second-order valence-corrected chi connectivity index (χ2v) is 9.78. The van der Waals surface area contributed by atoms with Crippen molar-refractivity contribution in [3.63, 3.8) is 0 Å². The van der Waals surface area contributed by atoms with E-state index < -0.39 is 115 Å². The van der Waals surface area contributed by atoms with Gasteiger partial charge in [0.2, 0.25) is 0 Å². The van der Waals surface area contributed by atoms with E-state index >= 15 is 0 Å². The van der Waals surface area contributed by atoms with E-state index in [-0.39, 0.29) is 0 Å². The van der Waals surface area contributed by atoms with Gasteiger partial charge in [0.1, 0.15) is 30.3 Å². The maximum atomic E-state index is 13.9. The number of aromatic nitrogens is 2. The zero-order chi connectivity index (χ0) is 39.7. The molecule has 0 N–H and O–H groups in total. The third-order valence-electron chi connectivity index (χ3n) is 6.94. The van der Waals surface area contributed by atoms with Crippen LogP contribution in [0.1, 0.15) is 62.1 Å². The summed E-state index contributed by atoms with van der Waals surface area (Å²) in [6.45, 7) is 0. The van der Waals surface area contributed by atoms with Crippen molar-refractivity contribution in [2.75, 3.05) is 0 Å². The minimum atomic E-state index is -5.84. The fraction of sp³-hybridized carbons (Fsp3) is 0.200. The SMILES string of the molecule is N#CC1=CC(C(C#N)c2c(C#N)c(C(F)(F)F)nc(C(F)(F)F)c2C#N)C(C#N)=C/C1=C(/C#N)c1c(C#N)c(C(F)(F)F)nc(C(F)(F)F)c1C#N. The van der Waals surface area contributed by atoms with Crippen molar-refractivity contribution >= 4 is 5.57 Å². The molecule has 0 spiro atoms. The van der Waals surface area contributed by atoms with Gasteiger partial charge in [-0.3, -0.25) is 0 Å². The van der Waals surface area contributed by atoms with Crippen molar-refractivity contribution in [1.82, 2.24) is 9.97 Å². The molecule has 52 heavy (non-hydrogen) atoms. The molecule has 2 unspecified atom stereocenters. The molecule has 0 fully saturated rings. The molecule has 0 saturated carbocycles. The highest BCUT2D eigenvalue weighted by atomic mass is 19.4. The molecular weight excluding hydrogens is 728 g/mol. The Labute approximate surface area is 280 Å². The Hall–Kier alpha value is -7.40. The quantitative estimate of drug-likeness (QED) is 0.229. The Morgan fingerprint density at radius 2 is 0.942 bits per heavy atom. The van der Waals surface area contributed by atoms with Crippen molar-refractivity contribution in [2.24, 2.45) is 5.92 Å². The van der Waals surface area contributed by atoms with E-state index in [0.29, 0.717) is 12.2 Å². The van der Waals surface area contributed by atoms with Crippen molar-refractivity contribution in [2.45, 2.75) is 30.6 Å². The Balaban J connectivity index is 2.61. The first-order valence-corrected chi connectivity index (χ1v) is 12.8. The third kappa shape index (κ3) is 6.74. The molecule has 0 saturated heterocycles. The summed E-state index contributed by atoms with van der Waals surface area (Å²) >= 11 is 0. The molecular formula is C30H4F12N10. The fourth-order valence-electron chi connectivity index (χ4n) is 4.97. The van der Waals surface area contributed by atoms with Crippen molar-refractivity contribution < 1.29 is 52.7 Å². The van der Waals surface area contributed by atoms with Gasteiger partial charge in [-0.2, -0.15) is 94.8 Å². The van der Waals surface area contributed by atoms with Crippen LogP contribution in [0, 0.1) is 96.6 Å². The lowest BCUT2D eigenvalue weighted by Crippen LogP contribution is -2.25. The van der Waals surface area contributed by atoms with Crippen LogP contribution >= 0.6 is 0 Å². The largest absolute Gasteiger partial charge is 0.434 e.